The van der Waals surface area contributed by atoms with E-state index in [9.17, 15) is 4.79 Å². The van der Waals surface area contributed by atoms with Gasteiger partial charge in [0.1, 0.15) is 23.4 Å². The number of benzene rings is 1. The Kier molecular flexibility index (Phi) is 8.21. The van der Waals surface area contributed by atoms with E-state index in [0.717, 1.165) is 79.5 Å². The van der Waals surface area contributed by atoms with Crippen LogP contribution in [0.4, 0.5) is 0 Å². The maximum atomic E-state index is 12.2. The number of hydrogen-bond donors (Lipinski definition) is 0. The van der Waals surface area contributed by atoms with E-state index >= 15 is 0 Å². The van der Waals surface area contributed by atoms with Crippen molar-refractivity contribution in [3.63, 3.8) is 0 Å². The molecule has 0 bridgehead atoms. The number of methoxy groups -OCH3 is 1. The first-order valence-electron chi connectivity index (χ1n) is 13.7. The maximum Gasteiger partial charge on any atom is 0.337 e. The fourth-order valence-corrected chi connectivity index (χ4v) is 6.51. The third-order valence-corrected chi connectivity index (χ3v) is 9.23. The second-order valence-electron chi connectivity index (χ2n) is 10.3. The number of carbonyl (C=O) groups is 1. The first-order valence-corrected chi connectivity index (χ1v) is 14.9. The van der Waals surface area contributed by atoms with Gasteiger partial charge in [-0.15, -0.1) is 11.3 Å². The first-order chi connectivity index (χ1) is 20.0. The zero-order chi connectivity index (χ0) is 28.3. The smallest absolute Gasteiger partial charge is 0.337 e. The standard InChI is InChI=1S/C30H30ClN5O4S/c1-38-30(37)20-5-6-25-26(13-20)36(16-21-9-12-39-21)28(33-25)17-35-10-7-19(8-11-35)24-3-2-4-29(34-24)40-18-27-23(31)14-22(15-32)41-27/h2-6,13-14,19,21H,7-12,16-18H2,1H3/t21-/m0/s1. The number of piperidine rings is 1. The summed E-state index contributed by atoms with van der Waals surface area (Å²) in [6, 6.07) is 15.2. The Hall–Kier alpha value is -3.49. The molecule has 2 saturated heterocycles. The van der Waals surface area contributed by atoms with Crippen LogP contribution in [0.15, 0.2) is 42.5 Å². The van der Waals surface area contributed by atoms with Crippen LogP contribution in [-0.4, -0.2) is 58.3 Å². The van der Waals surface area contributed by atoms with Crippen LogP contribution >= 0.6 is 22.9 Å². The Bertz CT molecular complexity index is 1600. The van der Waals surface area contributed by atoms with E-state index in [0.29, 0.717) is 27.3 Å². The number of carbonyl (C=O) groups excluding carboxylic acids is 1. The molecule has 2 fully saturated rings. The highest BCUT2D eigenvalue weighted by molar-refractivity contribution is 7.13. The lowest BCUT2D eigenvalue weighted by atomic mass is 9.93. The van der Waals surface area contributed by atoms with Gasteiger partial charge < -0.3 is 18.8 Å². The lowest BCUT2D eigenvalue weighted by Crippen LogP contribution is -2.35. The van der Waals surface area contributed by atoms with E-state index in [1.54, 1.807) is 12.1 Å². The van der Waals surface area contributed by atoms with Gasteiger partial charge >= 0.3 is 5.97 Å². The zero-order valence-corrected chi connectivity index (χ0v) is 24.3. The van der Waals surface area contributed by atoms with Crippen molar-refractivity contribution in [3.8, 4) is 11.9 Å². The van der Waals surface area contributed by atoms with Gasteiger partial charge in [-0.25, -0.2) is 14.8 Å². The summed E-state index contributed by atoms with van der Waals surface area (Å²) >= 11 is 7.57. The minimum atomic E-state index is -0.352. The summed E-state index contributed by atoms with van der Waals surface area (Å²) in [6.45, 7) is 4.37. The summed E-state index contributed by atoms with van der Waals surface area (Å²) in [5, 5.41) is 9.64. The predicted molar refractivity (Wildman–Crippen MR) is 155 cm³/mol. The molecule has 9 nitrogen and oxygen atoms in total. The highest BCUT2D eigenvalue weighted by Gasteiger charge is 2.26. The number of ether oxygens (including phenoxy) is 3. The number of nitriles is 1. The predicted octanol–water partition coefficient (Wildman–Crippen LogP) is 5.55. The average molecular weight is 592 g/mol. The second-order valence-corrected chi connectivity index (χ2v) is 11.9. The van der Waals surface area contributed by atoms with Crippen LogP contribution in [0.2, 0.25) is 5.02 Å². The Morgan fingerprint density at radius 3 is 2.73 bits per heavy atom. The highest BCUT2D eigenvalue weighted by Crippen LogP contribution is 2.31. The summed E-state index contributed by atoms with van der Waals surface area (Å²) in [4.78, 5) is 25.7. The maximum absolute atomic E-state index is 12.2. The molecule has 5 heterocycles. The molecule has 0 unspecified atom stereocenters. The molecule has 6 rings (SSSR count). The minimum absolute atomic E-state index is 0.170. The minimum Gasteiger partial charge on any atom is -0.472 e. The lowest BCUT2D eigenvalue weighted by molar-refractivity contribution is -0.0592. The molecule has 0 amide bonds. The summed E-state index contributed by atoms with van der Waals surface area (Å²) in [7, 11) is 1.40. The molecule has 212 valence electrons. The summed E-state index contributed by atoms with van der Waals surface area (Å²) < 4.78 is 18.8. The fourth-order valence-electron chi connectivity index (χ4n) is 5.40. The number of fused-ring (bicyclic) bond motifs is 1. The molecular weight excluding hydrogens is 562 g/mol. The number of imidazole rings is 1. The average Bonchev–Trinajstić information content (AvgIpc) is 3.52. The van der Waals surface area contributed by atoms with Gasteiger partial charge in [-0.3, -0.25) is 4.90 Å². The molecule has 2 aliphatic rings. The number of likely N-dealkylation sites (tertiary alicyclic amines) is 1. The zero-order valence-electron chi connectivity index (χ0n) is 22.7. The number of rotatable bonds is 9. The fraction of sp³-hybridized carbons (Fsp3) is 0.400. The number of halogens is 1. The molecule has 3 aromatic heterocycles. The Morgan fingerprint density at radius 2 is 2.02 bits per heavy atom. The van der Waals surface area contributed by atoms with E-state index < -0.39 is 0 Å². The Balaban J connectivity index is 1.11. The molecule has 11 heteroatoms. The molecule has 0 spiro atoms. The quantitative estimate of drug-likeness (QED) is 0.233. The van der Waals surface area contributed by atoms with Crippen LogP contribution in [-0.2, 0) is 29.2 Å². The van der Waals surface area contributed by atoms with E-state index in [-0.39, 0.29) is 18.7 Å². The lowest BCUT2D eigenvalue weighted by Gasteiger charge is -2.32. The number of esters is 1. The number of thiophene rings is 1. The Morgan fingerprint density at radius 1 is 1.20 bits per heavy atom. The van der Waals surface area contributed by atoms with Gasteiger partial charge in [0.25, 0.3) is 0 Å². The molecule has 0 N–H and O–H groups in total. The van der Waals surface area contributed by atoms with Crippen LogP contribution in [0.1, 0.15) is 56.8 Å². The van der Waals surface area contributed by atoms with Crippen LogP contribution in [0.25, 0.3) is 11.0 Å². The number of hydrogen-bond acceptors (Lipinski definition) is 9. The molecule has 0 aliphatic carbocycles. The highest BCUT2D eigenvalue weighted by atomic mass is 35.5. The van der Waals surface area contributed by atoms with Gasteiger partial charge in [-0.05, 0) is 62.7 Å². The topological polar surface area (TPSA) is 102 Å². The largest absolute Gasteiger partial charge is 0.472 e. The number of aromatic nitrogens is 3. The number of pyridine rings is 1. The second kappa shape index (κ2) is 12.2. The molecule has 0 radical (unpaired) electrons. The van der Waals surface area contributed by atoms with Gasteiger partial charge in [0, 0.05) is 24.3 Å². The molecule has 1 atom stereocenters. The first kappa shape index (κ1) is 27.7. The van der Waals surface area contributed by atoms with Crippen LogP contribution in [0, 0.1) is 11.3 Å². The van der Waals surface area contributed by atoms with Gasteiger partial charge in [0.2, 0.25) is 5.88 Å². The van der Waals surface area contributed by atoms with Crippen molar-refractivity contribution in [2.75, 3.05) is 26.8 Å². The van der Waals surface area contributed by atoms with E-state index in [4.69, 9.17) is 41.0 Å². The molecule has 1 aromatic carbocycles. The van der Waals surface area contributed by atoms with Crippen LogP contribution in [0.5, 0.6) is 5.88 Å². The van der Waals surface area contributed by atoms with Crippen molar-refractivity contribution in [3.05, 3.63) is 74.3 Å². The number of nitrogens with zero attached hydrogens (tertiary/aromatic N) is 5. The van der Waals surface area contributed by atoms with Crippen LogP contribution in [0.3, 0.4) is 0 Å². The summed E-state index contributed by atoms with van der Waals surface area (Å²) in [5.74, 6) is 1.53. The summed E-state index contributed by atoms with van der Waals surface area (Å²) in [5.41, 5.74) is 3.35. The Labute approximate surface area is 247 Å². The molecule has 0 saturated carbocycles. The third-order valence-electron chi connectivity index (χ3n) is 7.76. The monoisotopic (exact) mass is 591 g/mol. The van der Waals surface area contributed by atoms with Crippen molar-refractivity contribution < 1.29 is 19.0 Å². The summed E-state index contributed by atoms with van der Waals surface area (Å²) in [6.07, 6.45) is 3.16. The van der Waals surface area contributed by atoms with Crippen molar-refractivity contribution in [1.29, 1.82) is 5.26 Å². The molecule has 2 aliphatic heterocycles. The SMILES string of the molecule is COC(=O)c1ccc2nc(CN3CCC(c4cccc(OCc5sc(C#N)cc5Cl)n4)CC3)n(C[C@@H]3CCO3)c2c1. The van der Waals surface area contributed by atoms with Crippen molar-refractivity contribution in [2.24, 2.45) is 0 Å². The van der Waals surface area contributed by atoms with Gasteiger partial charge in [-0.2, -0.15) is 5.26 Å². The van der Waals surface area contributed by atoms with Crippen molar-refractivity contribution in [2.45, 2.75) is 51.0 Å². The van der Waals surface area contributed by atoms with E-state index in [1.807, 2.05) is 24.3 Å². The molecule has 4 aromatic rings. The third kappa shape index (κ3) is 6.09. The van der Waals surface area contributed by atoms with Gasteiger partial charge in [0.15, 0.2) is 0 Å². The normalized spacial score (nSPS) is 17.7. The van der Waals surface area contributed by atoms with Gasteiger partial charge in [0.05, 0.1) is 52.8 Å². The van der Waals surface area contributed by atoms with Crippen molar-refractivity contribution in [1.82, 2.24) is 19.4 Å². The molecule has 41 heavy (non-hydrogen) atoms. The van der Waals surface area contributed by atoms with E-state index in [1.165, 1.54) is 18.4 Å². The van der Waals surface area contributed by atoms with E-state index in [2.05, 4.69) is 21.6 Å². The van der Waals surface area contributed by atoms with Crippen LogP contribution < -0.4 is 4.74 Å². The molecular formula is C30H30ClN5O4S. The van der Waals surface area contributed by atoms with Gasteiger partial charge in [-0.1, -0.05) is 17.7 Å². The van der Waals surface area contributed by atoms with Crippen molar-refractivity contribution >= 4 is 39.9 Å².